The van der Waals surface area contributed by atoms with Gasteiger partial charge < -0.3 is 18.7 Å². The number of rotatable bonds is 7. The molecule has 0 amide bonds. The molecule has 3 aromatic rings. The molecule has 9 heteroatoms. The van der Waals surface area contributed by atoms with E-state index in [1.807, 2.05) is 0 Å². The van der Waals surface area contributed by atoms with E-state index in [9.17, 15) is 9.59 Å². The Morgan fingerprint density at radius 2 is 1.81 bits per heavy atom. The Morgan fingerprint density at radius 3 is 2.48 bits per heavy atom. The first-order valence-electron chi connectivity index (χ1n) is 7.84. The molecule has 2 aromatic heterocycles. The first-order chi connectivity index (χ1) is 13.0. The summed E-state index contributed by atoms with van der Waals surface area (Å²) in [6.45, 7) is 1.27. The van der Waals surface area contributed by atoms with Gasteiger partial charge in [0.05, 0.1) is 19.1 Å². The quantitative estimate of drug-likeness (QED) is 0.448. The molecule has 0 atom stereocenters. The molecule has 0 spiro atoms. The highest BCUT2D eigenvalue weighted by atomic mass is 32.1. The zero-order chi connectivity index (χ0) is 19.4. The van der Waals surface area contributed by atoms with Crippen molar-refractivity contribution in [3.63, 3.8) is 0 Å². The van der Waals surface area contributed by atoms with Gasteiger partial charge in [-0.1, -0.05) is 5.16 Å². The predicted molar refractivity (Wildman–Crippen MR) is 96.3 cm³/mol. The summed E-state index contributed by atoms with van der Waals surface area (Å²) in [5.41, 5.74) is 0.665. The van der Waals surface area contributed by atoms with Crippen molar-refractivity contribution in [2.45, 2.75) is 13.5 Å². The summed E-state index contributed by atoms with van der Waals surface area (Å²) >= 11 is 1.08. The molecule has 0 radical (unpaired) electrons. The second-order valence-corrected chi connectivity index (χ2v) is 6.46. The Hall–Kier alpha value is -3.20. The second kappa shape index (κ2) is 8.00. The van der Waals surface area contributed by atoms with Crippen LogP contribution in [0.5, 0.6) is 11.5 Å². The van der Waals surface area contributed by atoms with Gasteiger partial charge in [-0.25, -0.2) is 4.79 Å². The van der Waals surface area contributed by atoms with Crippen molar-refractivity contribution in [2.75, 3.05) is 14.2 Å². The maximum Gasteiger partial charge on any atom is 0.348 e. The number of carbonyl (C=O) groups is 2. The zero-order valence-electron chi connectivity index (χ0n) is 14.8. The molecule has 0 fully saturated rings. The molecule has 0 N–H and O–H groups in total. The monoisotopic (exact) mass is 388 g/mol. The molecule has 3 rings (SSSR count). The van der Waals surface area contributed by atoms with Crippen LogP contribution in [-0.4, -0.2) is 36.1 Å². The first kappa shape index (κ1) is 18.6. The third-order valence-corrected chi connectivity index (χ3v) is 4.76. The van der Waals surface area contributed by atoms with Crippen molar-refractivity contribution >= 4 is 23.1 Å². The van der Waals surface area contributed by atoms with E-state index in [1.54, 1.807) is 37.4 Å². The van der Waals surface area contributed by atoms with Crippen molar-refractivity contribution in [2.24, 2.45) is 0 Å². The lowest BCUT2D eigenvalue weighted by Crippen LogP contribution is -2.03. The fraction of sp³-hybridized carbons (Fsp3) is 0.222. The molecule has 0 aliphatic carbocycles. The number of Topliss-reactive ketones (excluding diaryl/α,β-unsaturated/α-hetero) is 1. The van der Waals surface area contributed by atoms with Crippen LogP contribution in [0.4, 0.5) is 0 Å². The second-order valence-electron chi connectivity index (χ2n) is 5.38. The third kappa shape index (κ3) is 4.14. The van der Waals surface area contributed by atoms with Crippen LogP contribution in [-0.2, 0) is 11.3 Å². The van der Waals surface area contributed by atoms with Crippen molar-refractivity contribution < 1.29 is 28.3 Å². The molecule has 0 unspecified atom stereocenters. The molecular formula is C18H16N2O6S. The van der Waals surface area contributed by atoms with E-state index in [2.05, 4.69) is 10.1 Å². The van der Waals surface area contributed by atoms with Crippen LogP contribution in [0.15, 0.2) is 34.9 Å². The highest BCUT2D eigenvalue weighted by Crippen LogP contribution is 2.31. The van der Waals surface area contributed by atoms with Gasteiger partial charge in [0.2, 0.25) is 5.82 Å². The van der Waals surface area contributed by atoms with Gasteiger partial charge in [-0.15, -0.1) is 11.3 Å². The minimum Gasteiger partial charge on any atom is -0.493 e. The average Bonchev–Trinajstić information content (AvgIpc) is 3.35. The topological polar surface area (TPSA) is 101 Å². The van der Waals surface area contributed by atoms with Crippen molar-refractivity contribution in [3.05, 3.63) is 46.0 Å². The number of hydrogen-bond donors (Lipinski definition) is 0. The van der Waals surface area contributed by atoms with Crippen LogP contribution in [0.2, 0.25) is 0 Å². The lowest BCUT2D eigenvalue weighted by molar-refractivity contribution is 0.0435. The van der Waals surface area contributed by atoms with Crippen molar-refractivity contribution in [3.8, 4) is 22.9 Å². The number of methoxy groups -OCH3 is 2. The molecule has 0 saturated carbocycles. The number of benzene rings is 1. The van der Waals surface area contributed by atoms with E-state index in [0.29, 0.717) is 32.6 Å². The summed E-state index contributed by atoms with van der Waals surface area (Å²) < 4.78 is 20.7. The molecule has 8 nitrogen and oxygen atoms in total. The molecule has 0 bridgehead atoms. The van der Waals surface area contributed by atoms with Crippen LogP contribution in [0.1, 0.15) is 32.2 Å². The summed E-state index contributed by atoms with van der Waals surface area (Å²) in [6.07, 6.45) is 0. The largest absolute Gasteiger partial charge is 0.493 e. The number of carbonyl (C=O) groups excluding carboxylic acids is 2. The maximum absolute atomic E-state index is 12.0. The average molecular weight is 388 g/mol. The molecule has 2 heterocycles. The van der Waals surface area contributed by atoms with Gasteiger partial charge in [0, 0.05) is 5.56 Å². The third-order valence-electron chi connectivity index (χ3n) is 3.59. The first-order valence-corrected chi connectivity index (χ1v) is 8.66. The summed E-state index contributed by atoms with van der Waals surface area (Å²) in [4.78, 5) is 28.4. The van der Waals surface area contributed by atoms with E-state index < -0.39 is 5.97 Å². The predicted octanol–water partition coefficient (Wildman–Crippen LogP) is 3.37. The van der Waals surface area contributed by atoms with E-state index >= 15 is 0 Å². The molecule has 27 heavy (non-hydrogen) atoms. The smallest absolute Gasteiger partial charge is 0.348 e. The minimum absolute atomic E-state index is 0.101. The summed E-state index contributed by atoms with van der Waals surface area (Å²) in [5, 5.41) is 3.88. The number of ether oxygens (including phenoxy) is 3. The molecule has 1 aromatic carbocycles. The molecular weight excluding hydrogens is 372 g/mol. The number of ketones is 1. The minimum atomic E-state index is -0.557. The van der Waals surface area contributed by atoms with E-state index in [1.165, 1.54) is 14.0 Å². The Balaban J connectivity index is 1.67. The van der Waals surface area contributed by atoms with E-state index in [0.717, 1.165) is 11.3 Å². The molecule has 0 aliphatic rings. The van der Waals surface area contributed by atoms with E-state index in [4.69, 9.17) is 18.7 Å². The maximum atomic E-state index is 12.0. The zero-order valence-corrected chi connectivity index (χ0v) is 15.7. The molecule has 140 valence electrons. The van der Waals surface area contributed by atoms with Crippen LogP contribution < -0.4 is 9.47 Å². The Bertz CT molecular complexity index is 978. The van der Waals surface area contributed by atoms with Gasteiger partial charge in [0.25, 0.3) is 5.89 Å². The molecule has 0 aliphatic heterocycles. The van der Waals surface area contributed by atoms with Gasteiger partial charge in [-0.2, -0.15) is 4.98 Å². The molecule has 0 saturated heterocycles. The highest BCUT2D eigenvalue weighted by Gasteiger charge is 2.16. The standard InChI is InChI=1S/C18H16N2O6S/c1-10(21)14-6-7-15(27-14)18(22)25-9-16-19-17(20-26-16)11-4-5-12(23-2)13(8-11)24-3/h4-8H,9H2,1-3H3. The van der Waals surface area contributed by atoms with Crippen molar-refractivity contribution in [1.82, 2.24) is 10.1 Å². The number of hydrogen-bond acceptors (Lipinski definition) is 9. The van der Waals surface area contributed by atoms with Crippen LogP contribution in [0.25, 0.3) is 11.4 Å². The fourth-order valence-electron chi connectivity index (χ4n) is 2.24. The van der Waals surface area contributed by atoms with E-state index in [-0.39, 0.29) is 18.3 Å². The van der Waals surface area contributed by atoms with Crippen LogP contribution in [0.3, 0.4) is 0 Å². The van der Waals surface area contributed by atoms with Crippen LogP contribution in [0, 0.1) is 0 Å². The fourth-order valence-corrected chi connectivity index (χ4v) is 3.04. The van der Waals surface area contributed by atoms with Gasteiger partial charge in [0.1, 0.15) is 4.88 Å². The number of esters is 1. The van der Waals surface area contributed by atoms with Gasteiger partial charge in [-0.05, 0) is 37.3 Å². The Kier molecular flexibility index (Phi) is 5.51. The number of thiophene rings is 1. The normalized spacial score (nSPS) is 10.5. The van der Waals surface area contributed by atoms with Gasteiger partial charge >= 0.3 is 5.97 Å². The number of nitrogens with zero attached hydrogens (tertiary/aromatic N) is 2. The summed E-state index contributed by atoms with van der Waals surface area (Å²) in [5.74, 6) is 0.939. The highest BCUT2D eigenvalue weighted by molar-refractivity contribution is 7.15. The number of aromatic nitrogens is 2. The summed E-state index contributed by atoms with van der Waals surface area (Å²) in [7, 11) is 3.08. The Morgan fingerprint density at radius 1 is 1.07 bits per heavy atom. The van der Waals surface area contributed by atoms with Crippen molar-refractivity contribution in [1.29, 1.82) is 0 Å². The lowest BCUT2D eigenvalue weighted by atomic mass is 10.2. The Labute approximate surface area is 158 Å². The van der Waals surface area contributed by atoms with Gasteiger partial charge in [-0.3, -0.25) is 4.79 Å². The van der Waals surface area contributed by atoms with Crippen LogP contribution >= 0.6 is 11.3 Å². The lowest BCUT2D eigenvalue weighted by Gasteiger charge is -2.07. The van der Waals surface area contributed by atoms with Gasteiger partial charge in [0.15, 0.2) is 23.9 Å². The summed E-state index contributed by atoms with van der Waals surface area (Å²) in [6, 6.07) is 8.34. The SMILES string of the molecule is COc1ccc(-c2noc(COC(=O)c3ccc(C(C)=O)s3)n2)cc1OC.